The van der Waals surface area contributed by atoms with Gasteiger partial charge in [-0.05, 0) is 34.7 Å². The lowest BCUT2D eigenvalue weighted by Gasteiger charge is -2.12. The van der Waals surface area contributed by atoms with E-state index in [1.54, 1.807) is 18.4 Å². The maximum atomic E-state index is 11.6. The van der Waals surface area contributed by atoms with Crippen LogP contribution < -0.4 is 0 Å². The van der Waals surface area contributed by atoms with Gasteiger partial charge in [-0.25, -0.2) is 5.06 Å². The highest BCUT2D eigenvalue weighted by Crippen LogP contribution is 2.48. The lowest BCUT2D eigenvalue weighted by Crippen LogP contribution is -2.27. The second kappa shape index (κ2) is 3.71. The zero-order valence-corrected chi connectivity index (χ0v) is 9.08. The highest BCUT2D eigenvalue weighted by atomic mass is 32.1. The fraction of sp³-hybridized carbons (Fsp3) is 0.500. The third-order valence-electron chi connectivity index (χ3n) is 2.66. The van der Waals surface area contributed by atoms with Gasteiger partial charge >= 0.3 is 0 Å². The van der Waals surface area contributed by atoms with E-state index < -0.39 is 0 Å². The monoisotopic (exact) mass is 211 g/mol. The molecular formula is C10H13NO2S. The molecular weight excluding hydrogens is 198 g/mol. The van der Waals surface area contributed by atoms with Crippen molar-refractivity contribution >= 4 is 17.2 Å². The summed E-state index contributed by atoms with van der Waals surface area (Å²) in [5.41, 5.74) is 1.29. The minimum atomic E-state index is 0.0868. The van der Waals surface area contributed by atoms with Gasteiger partial charge in [-0.2, -0.15) is 11.3 Å². The molecule has 0 bridgehead atoms. The summed E-state index contributed by atoms with van der Waals surface area (Å²) in [5, 5.41) is 5.48. The number of hydroxylamine groups is 2. The van der Waals surface area contributed by atoms with Crippen molar-refractivity contribution in [2.45, 2.75) is 12.3 Å². The molecule has 76 valence electrons. The van der Waals surface area contributed by atoms with Crippen molar-refractivity contribution in [3.63, 3.8) is 0 Å². The molecule has 1 saturated carbocycles. The van der Waals surface area contributed by atoms with E-state index in [1.807, 2.05) is 0 Å². The number of rotatable bonds is 3. The molecule has 3 nitrogen and oxygen atoms in total. The molecule has 0 spiro atoms. The molecule has 14 heavy (non-hydrogen) atoms. The topological polar surface area (TPSA) is 29.5 Å². The first-order chi connectivity index (χ1) is 6.74. The molecule has 2 rings (SSSR count). The largest absolute Gasteiger partial charge is 0.275 e. The van der Waals surface area contributed by atoms with E-state index in [0.29, 0.717) is 5.92 Å². The Bertz CT molecular complexity index is 323. The normalized spacial score (nSPS) is 24.7. The Balaban J connectivity index is 1.96. The van der Waals surface area contributed by atoms with E-state index in [4.69, 9.17) is 4.84 Å². The Hall–Kier alpha value is -0.870. The first-order valence-electron chi connectivity index (χ1n) is 4.58. The zero-order valence-electron chi connectivity index (χ0n) is 8.27. The molecule has 1 heterocycles. The van der Waals surface area contributed by atoms with Gasteiger partial charge in [0.25, 0.3) is 0 Å². The molecule has 1 aromatic rings. The van der Waals surface area contributed by atoms with Gasteiger partial charge in [0.1, 0.15) is 0 Å². The fourth-order valence-electron chi connectivity index (χ4n) is 1.65. The average Bonchev–Trinajstić information content (AvgIpc) is 2.82. The van der Waals surface area contributed by atoms with Crippen molar-refractivity contribution in [3.8, 4) is 0 Å². The molecule has 1 amide bonds. The smallest absolute Gasteiger partial charge is 0.249 e. The number of carbonyl (C=O) groups excluding carboxylic acids is 1. The maximum Gasteiger partial charge on any atom is 0.249 e. The van der Waals surface area contributed by atoms with Crippen LogP contribution in [0.15, 0.2) is 16.8 Å². The second-order valence-electron chi connectivity index (χ2n) is 3.52. The van der Waals surface area contributed by atoms with E-state index in [2.05, 4.69) is 16.8 Å². The molecule has 1 fully saturated rings. The fourth-order valence-corrected chi connectivity index (χ4v) is 2.37. The molecule has 1 aliphatic carbocycles. The average molecular weight is 211 g/mol. The van der Waals surface area contributed by atoms with Crippen LogP contribution in [0.2, 0.25) is 0 Å². The van der Waals surface area contributed by atoms with Crippen molar-refractivity contribution in [1.82, 2.24) is 5.06 Å². The summed E-state index contributed by atoms with van der Waals surface area (Å²) >= 11 is 1.68. The summed E-state index contributed by atoms with van der Waals surface area (Å²) in [5.74, 6) is 0.643. The molecule has 1 aliphatic rings. The zero-order chi connectivity index (χ0) is 10.1. The molecule has 0 radical (unpaired) electrons. The lowest BCUT2D eigenvalue weighted by molar-refractivity contribution is -0.170. The summed E-state index contributed by atoms with van der Waals surface area (Å²) in [6, 6.07) is 2.09. The minimum absolute atomic E-state index is 0.0868. The van der Waals surface area contributed by atoms with Gasteiger partial charge in [-0.3, -0.25) is 9.63 Å². The number of carbonyl (C=O) groups is 1. The molecule has 0 N–H and O–H groups in total. The maximum absolute atomic E-state index is 11.6. The summed E-state index contributed by atoms with van der Waals surface area (Å²) in [6.45, 7) is 0. The van der Waals surface area contributed by atoms with Crippen molar-refractivity contribution in [3.05, 3.63) is 22.4 Å². The number of hydrogen-bond acceptors (Lipinski definition) is 3. The number of nitrogens with zero attached hydrogens (tertiary/aromatic N) is 1. The van der Waals surface area contributed by atoms with Gasteiger partial charge in [0, 0.05) is 13.0 Å². The number of hydrogen-bond donors (Lipinski definition) is 0. The Morgan fingerprint density at radius 1 is 1.71 bits per heavy atom. The van der Waals surface area contributed by atoms with Gasteiger partial charge in [-0.1, -0.05) is 0 Å². The molecule has 0 saturated heterocycles. The molecule has 1 aromatic heterocycles. The van der Waals surface area contributed by atoms with Gasteiger partial charge in [0.15, 0.2) is 0 Å². The lowest BCUT2D eigenvalue weighted by atomic mass is 10.2. The SMILES string of the molecule is CON(C)C(=O)C1CC1c1ccsc1. The second-order valence-corrected chi connectivity index (χ2v) is 4.30. The van der Waals surface area contributed by atoms with Crippen LogP contribution in [0.5, 0.6) is 0 Å². The van der Waals surface area contributed by atoms with Crippen molar-refractivity contribution < 1.29 is 9.63 Å². The standard InChI is InChI=1S/C10H13NO2S/c1-11(13-2)10(12)9-5-8(9)7-3-4-14-6-7/h3-4,6,8-9H,5H2,1-2H3. The molecule has 0 aliphatic heterocycles. The summed E-state index contributed by atoms with van der Waals surface area (Å²) in [7, 11) is 3.17. The molecule has 0 aromatic carbocycles. The van der Waals surface area contributed by atoms with Gasteiger partial charge in [0.05, 0.1) is 7.11 Å². The van der Waals surface area contributed by atoms with Crippen LogP contribution >= 0.6 is 11.3 Å². The predicted molar refractivity (Wildman–Crippen MR) is 54.9 cm³/mol. The van der Waals surface area contributed by atoms with Crippen LogP contribution in [0.25, 0.3) is 0 Å². The Morgan fingerprint density at radius 3 is 3.07 bits per heavy atom. The van der Waals surface area contributed by atoms with E-state index >= 15 is 0 Å². The van der Waals surface area contributed by atoms with Crippen molar-refractivity contribution in [2.75, 3.05) is 14.2 Å². The van der Waals surface area contributed by atoms with Crippen LogP contribution in [0.1, 0.15) is 17.9 Å². The number of amides is 1. The molecule has 4 heteroatoms. The van der Waals surface area contributed by atoms with Gasteiger partial charge < -0.3 is 0 Å². The van der Waals surface area contributed by atoms with Crippen LogP contribution in [-0.4, -0.2) is 25.1 Å². The summed E-state index contributed by atoms with van der Waals surface area (Å²) in [6.07, 6.45) is 0.962. The third-order valence-corrected chi connectivity index (χ3v) is 3.36. The van der Waals surface area contributed by atoms with Crippen LogP contribution in [0.3, 0.4) is 0 Å². The van der Waals surface area contributed by atoms with E-state index in [-0.39, 0.29) is 11.8 Å². The first kappa shape index (κ1) is 9.68. The summed E-state index contributed by atoms with van der Waals surface area (Å²) < 4.78 is 0. The van der Waals surface area contributed by atoms with E-state index in [9.17, 15) is 4.79 Å². The Morgan fingerprint density at radius 2 is 2.50 bits per heavy atom. The van der Waals surface area contributed by atoms with Crippen LogP contribution in [0.4, 0.5) is 0 Å². The Labute approximate surface area is 87.2 Å². The van der Waals surface area contributed by atoms with E-state index in [0.717, 1.165) is 6.42 Å². The van der Waals surface area contributed by atoms with Crippen molar-refractivity contribution in [1.29, 1.82) is 0 Å². The quantitative estimate of drug-likeness (QED) is 0.714. The van der Waals surface area contributed by atoms with E-state index in [1.165, 1.54) is 17.7 Å². The Kier molecular flexibility index (Phi) is 2.56. The van der Waals surface area contributed by atoms with Gasteiger partial charge in [-0.15, -0.1) is 0 Å². The molecule has 2 atom stereocenters. The summed E-state index contributed by atoms with van der Waals surface area (Å²) in [4.78, 5) is 16.5. The van der Waals surface area contributed by atoms with Crippen LogP contribution in [-0.2, 0) is 9.63 Å². The highest BCUT2D eigenvalue weighted by Gasteiger charge is 2.45. The predicted octanol–water partition coefficient (Wildman–Crippen LogP) is 1.87. The van der Waals surface area contributed by atoms with Crippen LogP contribution in [0, 0.1) is 5.92 Å². The third kappa shape index (κ3) is 1.67. The minimum Gasteiger partial charge on any atom is -0.275 e. The highest BCUT2D eigenvalue weighted by molar-refractivity contribution is 7.08. The molecule has 2 unspecified atom stereocenters. The number of thiophene rings is 1. The van der Waals surface area contributed by atoms with Crippen molar-refractivity contribution in [2.24, 2.45) is 5.92 Å². The van der Waals surface area contributed by atoms with Gasteiger partial charge in [0.2, 0.25) is 5.91 Å². The first-order valence-corrected chi connectivity index (χ1v) is 5.52.